The first-order valence-electron chi connectivity index (χ1n) is 9.06. The molecule has 7 heteroatoms. The highest BCUT2D eigenvalue weighted by molar-refractivity contribution is 6.00. The van der Waals surface area contributed by atoms with Gasteiger partial charge in [-0.2, -0.15) is 13.2 Å². The number of fused-ring (bicyclic) bond motifs is 1. The van der Waals surface area contributed by atoms with Gasteiger partial charge in [-0.15, -0.1) is 0 Å². The second-order valence-corrected chi connectivity index (χ2v) is 7.00. The molecule has 0 N–H and O–H groups in total. The average molecular weight is 368 g/mol. The molecule has 1 aromatic carbocycles. The second kappa shape index (κ2) is 7.29. The van der Waals surface area contributed by atoms with E-state index < -0.39 is 18.5 Å². The van der Waals surface area contributed by atoms with Crippen molar-refractivity contribution in [2.24, 2.45) is 5.92 Å². The molecule has 26 heavy (non-hydrogen) atoms. The minimum atomic E-state index is -4.30. The molecule has 3 rings (SSSR count). The zero-order chi connectivity index (χ0) is 18.9. The number of alkyl halides is 3. The van der Waals surface area contributed by atoms with Crippen LogP contribution < -0.4 is 4.90 Å². The Morgan fingerprint density at radius 2 is 2.00 bits per heavy atom. The number of carbonyl (C=O) groups is 2. The summed E-state index contributed by atoms with van der Waals surface area (Å²) >= 11 is 0. The van der Waals surface area contributed by atoms with Crippen molar-refractivity contribution in [2.45, 2.75) is 45.2 Å². The van der Waals surface area contributed by atoms with Crippen molar-refractivity contribution in [1.82, 2.24) is 4.90 Å². The van der Waals surface area contributed by atoms with Gasteiger partial charge in [0.2, 0.25) is 11.8 Å². The molecular formula is C19H23F3N2O2. The highest BCUT2D eigenvalue weighted by Crippen LogP contribution is 2.31. The average Bonchev–Trinajstić information content (AvgIpc) is 3.19. The van der Waals surface area contributed by atoms with Crippen molar-refractivity contribution < 1.29 is 22.8 Å². The van der Waals surface area contributed by atoms with Crippen LogP contribution in [0.4, 0.5) is 18.9 Å². The zero-order valence-corrected chi connectivity index (χ0v) is 14.8. The van der Waals surface area contributed by atoms with Gasteiger partial charge in [-0.25, -0.2) is 0 Å². The molecule has 1 atom stereocenters. The summed E-state index contributed by atoms with van der Waals surface area (Å²) in [5.41, 5.74) is 3.33. The zero-order valence-electron chi connectivity index (χ0n) is 14.8. The van der Waals surface area contributed by atoms with Gasteiger partial charge in [0, 0.05) is 31.7 Å². The molecule has 1 aliphatic carbocycles. The van der Waals surface area contributed by atoms with Crippen LogP contribution in [0.1, 0.15) is 37.3 Å². The van der Waals surface area contributed by atoms with Crippen molar-refractivity contribution in [3.8, 4) is 0 Å². The fraction of sp³-hybridized carbons (Fsp3) is 0.579. The molecule has 0 bridgehead atoms. The third-order valence-corrected chi connectivity index (χ3v) is 5.23. The van der Waals surface area contributed by atoms with Crippen molar-refractivity contribution in [3.05, 3.63) is 29.3 Å². The van der Waals surface area contributed by atoms with Crippen LogP contribution in [0.5, 0.6) is 0 Å². The fourth-order valence-corrected chi connectivity index (χ4v) is 3.79. The third-order valence-electron chi connectivity index (χ3n) is 5.23. The van der Waals surface area contributed by atoms with Crippen LogP contribution in [0.15, 0.2) is 18.2 Å². The number of amides is 2. The summed E-state index contributed by atoms with van der Waals surface area (Å²) < 4.78 is 37.3. The van der Waals surface area contributed by atoms with E-state index in [4.69, 9.17) is 0 Å². The number of nitrogens with zero attached hydrogens (tertiary/aromatic N) is 2. The number of hydrogen-bond acceptors (Lipinski definition) is 2. The predicted octanol–water partition coefficient (Wildman–Crippen LogP) is 3.33. The Bertz CT molecular complexity index is 703. The van der Waals surface area contributed by atoms with Crippen molar-refractivity contribution >= 4 is 17.5 Å². The number of rotatable bonds is 5. The second-order valence-electron chi connectivity index (χ2n) is 7.00. The van der Waals surface area contributed by atoms with E-state index >= 15 is 0 Å². The first kappa shape index (κ1) is 18.7. The number of anilines is 1. The van der Waals surface area contributed by atoms with Gasteiger partial charge in [0.05, 0.1) is 12.3 Å². The van der Waals surface area contributed by atoms with Crippen LogP contribution in [0, 0.1) is 5.92 Å². The van der Waals surface area contributed by atoms with E-state index in [9.17, 15) is 22.8 Å². The predicted molar refractivity (Wildman–Crippen MR) is 91.9 cm³/mol. The summed E-state index contributed by atoms with van der Waals surface area (Å²) in [6.45, 7) is 1.74. The number of carbonyl (C=O) groups excluding carboxylic acids is 2. The van der Waals surface area contributed by atoms with E-state index in [1.807, 2.05) is 18.2 Å². The maximum Gasteiger partial charge on any atom is 0.390 e. The standard InChI is InChI=1S/C19H23F3N2O2/c1-2-23(9-8-19(20,21)22)18(26)15-11-17(25)24(12-15)16-7-6-13-4-3-5-14(13)10-16/h6-7,10,15H,2-5,8-9,11-12H2,1H3. The normalized spacial score (nSPS) is 19.8. The van der Waals surface area contributed by atoms with Gasteiger partial charge in [0.15, 0.2) is 0 Å². The molecule has 1 aliphatic heterocycles. The minimum absolute atomic E-state index is 0.0540. The van der Waals surface area contributed by atoms with E-state index in [2.05, 4.69) is 0 Å². The SMILES string of the molecule is CCN(CCC(F)(F)F)C(=O)C1CC(=O)N(c2ccc3c(c2)CCC3)C1. The van der Waals surface area contributed by atoms with Crippen molar-refractivity contribution in [1.29, 1.82) is 0 Å². The molecule has 142 valence electrons. The molecule has 0 radical (unpaired) electrons. The molecule has 1 unspecified atom stereocenters. The summed E-state index contributed by atoms with van der Waals surface area (Å²) in [6.07, 6.45) is -2.11. The van der Waals surface area contributed by atoms with Crippen LogP contribution in [0.25, 0.3) is 0 Å². The molecule has 1 heterocycles. The van der Waals surface area contributed by atoms with Crippen LogP contribution >= 0.6 is 0 Å². The van der Waals surface area contributed by atoms with Gasteiger partial charge in [-0.1, -0.05) is 6.07 Å². The lowest BCUT2D eigenvalue weighted by atomic mass is 10.1. The highest BCUT2D eigenvalue weighted by atomic mass is 19.4. The fourth-order valence-electron chi connectivity index (χ4n) is 3.79. The highest BCUT2D eigenvalue weighted by Gasteiger charge is 2.38. The first-order valence-corrected chi connectivity index (χ1v) is 9.06. The van der Waals surface area contributed by atoms with E-state index in [1.165, 1.54) is 16.0 Å². The molecule has 1 aromatic rings. The Kier molecular flexibility index (Phi) is 5.25. The molecule has 2 amide bonds. The summed E-state index contributed by atoms with van der Waals surface area (Å²) in [6, 6.07) is 5.94. The van der Waals surface area contributed by atoms with Crippen LogP contribution in [-0.2, 0) is 22.4 Å². The number of hydrogen-bond donors (Lipinski definition) is 0. The van der Waals surface area contributed by atoms with E-state index in [-0.39, 0.29) is 37.9 Å². The molecule has 1 fully saturated rings. The monoisotopic (exact) mass is 368 g/mol. The lowest BCUT2D eigenvalue weighted by Crippen LogP contribution is -2.39. The molecule has 4 nitrogen and oxygen atoms in total. The number of benzene rings is 1. The van der Waals surface area contributed by atoms with Gasteiger partial charge in [-0.3, -0.25) is 9.59 Å². The molecule has 1 saturated heterocycles. The molecule has 0 aromatic heterocycles. The van der Waals surface area contributed by atoms with Crippen LogP contribution in [-0.4, -0.2) is 42.5 Å². The van der Waals surface area contributed by atoms with E-state index in [0.717, 1.165) is 24.9 Å². The maximum atomic E-state index is 12.6. The summed E-state index contributed by atoms with van der Waals surface area (Å²) in [5.74, 6) is -1.09. The van der Waals surface area contributed by atoms with Crippen molar-refractivity contribution in [3.63, 3.8) is 0 Å². The lowest BCUT2D eigenvalue weighted by molar-refractivity contribution is -0.147. The van der Waals surface area contributed by atoms with Gasteiger partial charge in [0.1, 0.15) is 0 Å². The van der Waals surface area contributed by atoms with Crippen LogP contribution in [0.2, 0.25) is 0 Å². The van der Waals surface area contributed by atoms with Crippen LogP contribution in [0.3, 0.4) is 0 Å². The Balaban J connectivity index is 1.67. The largest absolute Gasteiger partial charge is 0.390 e. The maximum absolute atomic E-state index is 12.6. The van der Waals surface area contributed by atoms with Gasteiger partial charge >= 0.3 is 6.18 Å². The molecule has 2 aliphatic rings. The van der Waals surface area contributed by atoms with Crippen molar-refractivity contribution in [2.75, 3.05) is 24.5 Å². The Labute approximate surface area is 151 Å². The Morgan fingerprint density at radius 1 is 1.27 bits per heavy atom. The number of aryl methyl sites for hydroxylation is 2. The Morgan fingerprint density at radius 3 is 2.69 bits per heavy atom. The van der Waals surface area contributed by atoms with E-state index in [0.29, 0.717) is 0 Å². The molecular weight excluding hydrogens is 345 g/mol. The summed E-state index contributed by atoms with van der Waals surface area (Å²) in [5, 5.41) is 0. The Hall–Kier alpha value is -2.05. The lowest BCUT2D eigenvalue weighted by Gasteiger charge is -2.25. The third kappa shape index (κ3) is 4.02. The molecule has 0 saturated carbocycles. The smallest absolute Gasteiger partial charge is 0.342 e. The molecule has 0 spiro atoms. The van der Waals surface area contributed by atoms with Gasteiger partial charge < -0.3 is 9.80 Å². The summed E-state index contributed by atoms with van der Waals surface area (Å²) in [7, 11) is 0. The summed E-state index contributed by atoms with van der Waals surface area (Å²) in [4.78, 5) is 27.8. The van der Waals surface area contributed by atoms with E-state index in [1.54, 1.807) is 11.8 Å². The quantitative estimate of drug-likeness (QED) is 0.800. The first-order chi connectivity index (χ1) is 12.3. The topological polar surface area (TPSA) is 40.6 Å². The number of halogens is 3. The minimum Gasteiger partial charge on any atom is -0.342 e. The van der Waals surface area contributed by atoms with Gasteiger partial charge in [-0.05, 0) is 49.4 Å². The van der Waals surface area contributed by atoms with Gasteiger partial charge in [0.25, 0.3) is 0 Å².